The molecule has 5 nitrogen and oxygen atoms in total. The maximum Gasteiger partial charge on any atom is 0.264 e. The Labute approximate surface area is 106 Å². The Hall–Kier alpha value is -1.53. The van der Waals surface area contributed by atoms with E-state index in [9.17, 15) is 8.42 Å². The first kappa shape index (κ1) is 12.9. The van der Waals surface area contributed by atoms with Gasteiger partial charge in [0.15, 0.2) is 5.66 Å². The molecular weight excluding hydrogens is 252 g/mol. The fourth-order valence-corrected chi connectivity index (χ4v) is 2.48. The van der Waals surface area contributed by atoms with E-state index in [2.05, 4.69) is 9.98 Å². The summed E-state index contributed by atoms with van der Waals surface area (Å²) in [5.74, 6) is -0.271. The Balaban J connectivity index is 2.15. The van der Waals surface area contributed by atoms with Gasteiger partial charge in [0.2, 0.25) is 0 Å². The standard InChI is InChI=1S/C12H14N2O3S/c15-18(16,17)10-4-7-12(13-8-9-14-12)11-5-2-1-3-6-11/h1-3,5-6,8-9H,4,7,10H2,(H,15,16,17). The molecular formula is C12H14N2O3S. The molecule has 0 atom stereocenters. The third-order valence-electron chi connectivity index (χ3n) is 2.81. The van der Waals surface area contributed by atoms with Gasteiger partial charge in [-0.1, -0.05) is 30.3 Å². The molecule has 0 amide bonds. The van der Waals surface area contributed by atoms with Gasteiger partial charge in [0.1, 0.15) is 0 Å². The zero-order valence-electron chi connectivity index (χ0n) is 9.73. The molecule has 6 heteroatoms. The van der Waals surface area contributed by atoms with Crippen LogP contribution in [0.1, 0.15) is 18.4 Å². The molecule has 0 saturated heterocycles. The molecule has 1 aromatic rings. The molecule has 0 radical (unpaired) electrons. The van der Waals surface area contributed by atoms with Crippen molar-refractivity contribution >= 4 is 22.5 Å². The van der Waals surface area contributed by atoms with Crippen LogP contribution in [0.3, 0.4) is 0 Å². The van der Waals surface area contributed by atoms with Gasteiger partial charge in [0.05, 0.1) is 5.75 Å². The van der Waals surface area contributed by atoms with E-state index < -0.39 is 15.8 Å². The van der Waals surface area contributed by atoms with Gasteiger partial charge in [-0.25, -0.2) is 0 Å². The average molecular weight is 266 g/mol. The fourth-order valence-electron chi connectivity index (χ4n) is 1.98. The Morgan fingerprint density at radius 3 is 2.28 bits per heavy atom. The van der Waals surface area contributed by atoms with Crippen molar-refractivity contribution in [2.45, 2.75) is 18.5 Å². The van der Waals surface area contributed by atoms with Gasteiger partial charge < -0.3 is 0 Å². The van der Waals surface area contributed by atoms with Gasteiger partial charge >= 0.3 is 0 Å². The van der Waals surface area contributed by atoms with Crippen LogP contribution in [0, 0.1) is 0 Å². The molecule has 2 rings (SSSR count). The minimum absolute atomic E-state index is 0.271. The largest absolute Gasteiger partial charge is 0.286 e. The van der Waals surface area contributed by atoms with Crippen molar-refractivity contribution in [2.24, 2.45) is 9.98 Å². The lowest BCUT2D eigenvalue weighted by Crippen LogP contribution is -2.20. The SMILES string of the molecule is O=S(=O)(O)CCCC1(c2ccccc2)N=CC=N1. The first-order chi connectivity index (χ1) is 8.52. The van der Waals surface area contributed by atoms with Crippen LogP contribution in [0.4, 0.5) is 0 Å². The van der Waals surface area contributed by atoms with Crippen molar-refractivity contribution in [1.29, 1.82) is 0 Å². The van der Waals surface area contributed by atoms with Crippen LogP contribution in [-0.4, -0.2) is 31.2 Å². The third kappa shape index (κ3) is 3.02. The van der Waals surface area contributed by atoms with Crippen LogP contribution >= 0.6 is 0 Å². The zero-order chi connectivity index (χ0) is 13.1. The van der Waals surface area contributed by atoms with E-state index in [1.807, 2.05) is 30.3 Å². The Bertz CT molecular complexity index is 552. The molecule has 96 valence electrons. The lowest BCUT2D eigenvalue weighted by Gasteiger charge is -2.23. The van der Waals surface area contributed by atoms with Crippen LogP contribution in [0.2, 0.25) is 0 Å². The highest BCUT2D eigenvalue weighted by Gasteiger charge is 2.31. The number of aliphatic imine (C=N–C) groups is 2. The molecule has 18 heavy (non-hydrogen) atoms. The number of benzene rings is 1. The predicted octanol–water partition coefficient (Wildman–Crippen LogP) is 1.66. The normalized spacial score (nSPS) is 17.2. The molecule has 0 unspecified atom stereocenters. The number of hydrogen-bond acceptors (Lipinski definition) is 4. The molecule has 0 fully saturated rings. The Morgan fingerprint density at radius 1 is 1.11 bits per heavy atom. The summed E-state index contributed by atoms with van der Waals surface area (Å²) in [6, 6.07) is 9.51. The minimum atomic E-state index is -3.93. The monoisotopic (exact) mass is 266 g/mol. The molecule has 1 heterocycles. The van der Waals surface area contributed by atoms with Gasteiger partial charge in [-0.2, -0.15) is 8.42 Å². The van der Waals surface area contributed by atoms with Crippen molar-refractivity contribution < 1.29 is 13.0 Å². The maximum atomic E-state index is 10.7. The summed E-state index contributed by atoms with van der Waals surface area (Å²) < 4.78 is 30.2. The summed E-state index contributed by atoms with van der Waals surface area (Å²) in [6.45, 7) is 0. The van der Waals surface area contributed by atoms with E-state index in [0.29, 0.717) is 12.8 Å². The Kier molecular flexibility index (Phi) is 3.58. The van der Waals surface area contributed by atoms with Crippen molar-refractivity contribution in [3.8, 4) is 0 Å². The lowest BCUT2D eigenvalue weighted by atomic mass is 9.96. The molecule has 1 aliphatic rings. The molecule has 1 N–H and O–H groups in total. The molecule has 0 bridgehead atoms. The topological polar surface area (TPSA) is 79.1 Å². The third-order valence-corrected chi connectivity index (χ3v) is 3.61. The number of nitrogens with zero attached hydrogens (tertiary/aromatic N) is 2. The van der Waals surface area contributed by atoms with Crippen LogP contribution in [-0.2, 0) is 15.8 Å². The molecule has 1 aromatic carbocycles. The van der Waals surface area contributed by atoms with Crippen LogP contribution in [0.15, 0.2) is 40.3 Å². The predicted molar refractivity (Wildman–Crippen MR) is 70.8 cm³/mol. The summed E-state index contributed by atoms with van der Waals surface area (Å²) in [4.78, 5) is 8.67. The molecule has 0 spiro atoms. The second-order valence-electron chi connectivity index (χ2n) is 4.13. The van der Waals surface area contributed by atoms with Crippen LogP contribution in [0.5, 0.6) is 0 Å². The summed E-state index contributed by atoms with van der Waals surface area (Å²) >= 11 is 0. The number of rotatable bonds is 5. The maximum absolute atomic E-state index is 10.7. The highest BCUT2D eigenvalue weighted by Crippen LogP contribution is 2.34. The second kappa shape index (κ2) is 4.99. The van der Waals surface area contributed by atoms with E-state index >= 15 is 0 Å². The smallest absolute Gasteiger partial charge is 0.264 e. The van der Waals surface area contributed by atoms with Crippen molar-refractivity contribution in [3.05, 3.63) is 35.9 Å². The summed E-state index contributed by atoms with van der Waals surface area (Å²) in [5, 5.41) is 0. The molecule has 0 aliphatic carbocycles. The van der Waals surface area contributed by atoms with Gasteiger partial charge in [0, 0.05) is 18.0 Å². The first-order valence-corrected chi connectivity index (χ1v) is 7.22. The van der Waals surface area contributed by atoms with E-state index in [-0.39, 0.29) is 5.75 Å². The summed E-state index contributed by atoms with van der Waals surface area (Å²) in [5.41, 5.74) is 0.191. The van der Waals surface area contributed by atoms with Gasteiger partial charge in [-0.15, -0.1) is 0 Å². The summed E-state index contributed by atoms with van der Waals surface area (Å²) in [6.07, 6.45) is 3.98. The zero-order valence-corrected chi connectivity index (χ0v) is 10.5. The molecule has 0 saturated carbocycles. The Morgan fingerprint density at radius 2 is 1.72 bits per heavy atom. The highest BCUT2D eigenvalue weighted by molar-refractivity contribution is 7.85. The second-order valence-corrected chi connectivity index (χ2v) is 5.70. The molecule has 0 aromatic heterocycles. The average Bonchev–Trinajstić information content (AvgIpc) is 2.79. The van der Waals surface area contributed by atoms with Gasteiger partial charge in [0.25, 0.3) is 10.1 Å². The molecule has 1 aliphatic heterocycles. The van der Waals surface area contributed by atoms with Crippen LogP contribution < -0.4 is 0 Å². The number of hydrogen-bond donors (Lipinski definition) is 1. The quantitative estimate of drug-likeness (QED) is 0.823. The van der Waals surface area contributed by atoms with E-state index in [4.69, 9.17) is 4.55 Å². The van der Waals surface area contributed by atoms with E-state index in [1.165, 1.54) is 0 Å². The van der Waals surface area contributed by atoms with Gasteiger partial charge in [-0.3, -0.25) is 14.5 Å². The van der Waals surface area contributed by atoms with E-state index in [1.54, 1.807) is 12.4 Å². The minimum Gasteiger partial charge on any atom is -0.286 e. The van der Waals surface area contributed by atoms with Crippen molar-refractivity contribution in [1.82, 2.24) is 0 Å². The summed E-state index contributed by atoms with van der Waals surface area (Å²) in [7, 11) is -3.93. The van der Waals surface area contributed by atoms with Crippen LogP contribution in [0.25, 0.3) is 0 Å². The first-order valence-electron chi connectivity index (χ1n) is 5.62. The highest BCUT2D eigenvalue weighted by atomic mass is 32.2. The van der Waals surface area contributed by atoms with E-state index in [0.717, 1.165) is 5.56 Å². The van der Waals surface area contributed by atoms with Gasteiger partial charge in [-0.05, 0) is 12.8 Å². The lowest BCUT2D eigenvalue weighted by molar-refractivity contribution is 0.429. The fraction of sp³-hybridized carbons (Fsp3) is 0.333. The van der Waals surface area contributed by atoms with Crippen molar-refractivity contribution in [3.63, 3.8) is 0 Å². The van der Waals surface area contributed by atoms with Crippen molar-refractivity contribution in [2.75, 3.05) is 5.75 Å².